The average Bonchev–Trinajstić information content (AvgIpc) is 2.46. The van der Waals surface area contributed by atoms with Crippen LogP contribution in [0.2, 0.25) is 0 Å². The summed E-state index contributed by atoms with van der Waals surface area (Å²) in [6, 6.07) is 0.543. The Kier molecular flexibility index (Phi) is 4.39. The highest BCUT2D eigenvalue weighted by molar-refractivity contribution is 5.80. The molecule has 1 rings (SSSR count). The van der Waals surface area contributed by atoms with E-state index in [2.05, 4.69) is 43.0 Å². The molecular weight excluding hydrogens is 188 g/mol. The number of nitrogens with two attached hydrogens (primary N) is 1. The van der Waals surface area contributed by atoms with Crippen molar-refractivity contribution < 1.29 is 0 Å². The number of aliphatic imine (C=N–C) groups is 1. The lowest BCUT2D eigenvalue weighted by molar-refractivity contribution is 0.393. The fraction of sp³-hybridized carbons (Fsp3) is 0.909. The predicted octanol–water partition coefficient (Wildman–Crippen LogP) is 1.19. The summed E-state index contributed by atoms with van der Waals surface area (Å²) in [6.07, 6.45) is 1.22. The molecule has 0 bridgehead atoms. The smallest absolute Gasteiger partial charge is 0.208 e. The van der Waals surface area contributed by atoms with Gasteiger partial charge in [-0.25, -0.2) is 5.84 Å². The van der Waals surface area contributed by atoms with E-state index in [0.717, 1.165) is 25.0 Å². The van der Waals surface area contributed by atoms with E-state index in [1.807, 2.05) is 0 Å². The van der Waals surface area contributed by atoms with Gasteiger partial charge in [0.15, 0.2) is 0 Å². The Balaban J connectivity index is 2.61. The van der Waals surface area contributed by atoms with Gasteiger partial charge in [0.25, 0.3) is 0 Å². The number of hydrogen-bond acceptors (Lipinski definition) is 2. The molecule has 0 aromatic rings. The predicted molar refractivity (Wildman–Crippen MR) is 64.4 cm³/mol. The van der Waals surface area contributed by atoms with Crippen LogP contribution in [-0.2, 0) is 0 Å². The van der Waals surface area contributed by atoms with Crippen LogP contribution < -0.4 is 11.3 Å². The van der Waals surface area contributed by atoms with E-state index in [1.54, 1.807) is 0 Å². The van der Waals surface area contributed by atoms with E-state index in [0.29, 0.717) is 12.0 Å². The average molecular weight is 212 g/mol. The Morgan fingerprint density at radius 1 is 1.53 bits per heavy atom. The Labute approximate surface area is 92.9 Å². The molecule has 88 valence electrons. The van der Waals surface area contributed by atoms with Crippen LogP contribution in [0.4, 0.5) is 0 Å². The summed E-state index contributed by atoms with van der Waals surface area (Å²) in [5, 5.41) is 0. The number of likely N-dealkylation sites (tertiary alicyclic amines) is 1. The third-order valence-corrected chi connectivity index (χ3v) is 2.79. The molecule has 0 saturated carbocycles. The standard InChI is InChI=1S/C11H24N4/c1-8(2)6-13-11(14-12)15-7-9(3)5-10(15)4/h8-10H,5-7,12H2,1-4H3,(H,13,14). The molecule has 0 radical (unpaired) electrons. The number of nitrogens with zero attached hydrogens (tertiary/aromatic N) is 2. The van der Waals surface area contributed by atoms with Crippen molar-refractivity contribution in [1.82, 2.24) is 10.3 Å². The molecule has 1 saturated heterocycles. The Bertz CT molecular complexity index is 225. The maximum absolute atomic E-state index is 5.52. The minimum absolute atomic E-state index is 0.543. The zero-order chi connectivity index (χ0) is 11.4. The number of guanidine groups is 1. The number of nitrogens with one attached hydrogen (secondary N) is 1. The zero-order valence-electron chi connectivity index (χ0n) is 10.3. The first-order chi connectivity index (χ1) is 7.04. The lowest BCUT2D eigenvalue weighted by Crippen LogP contribution is -2.46. The normalized spacial score (nSPS) is 27.6. The zero-order valence-corrected chi connectivity index (χ0v) is 10.3. The molecule has 2 atom stereocenters. The Morgan fingerprint density at radius 3 is 2.60 bits per heavy atom. The second-order valence-corrected chi connectivity index (χ2v) is 5.04. The van der Waals surface area contributed by atoms with E-state index in [-0.39, 0.29) is 0 Å². The van der Waals surface area contributed by atoms with Gasteiger partial charge in [-0.3, -0.25) is 10.4 Å². The number of hydrazine groups is 1. The minimum Gasteiger partial charge on any atom is -0.339 e. The van der Waals surface area contributed by atoms with Crippen LogP contribution >= 0.6 is 0 Å². The summed E-state index contributed by atoms with van der Waals surface area (Å²) in [5.74, 6) is 7.68. The largest absolute Gasteiger partial charge is 0.339 e. The molecule has 4 nitrogen and oxygen atoms in total. The number of hydrogen-bond donors (Lipinski definition) is 2. The molecule has 0 amide bonds. The van der Waals surface area contributed by atoms with Gasteiger partial charge >= 0.3 is 0 Å². The summed E-state index contributed by atoms with van der Waals surface area (Å²) in [7, 11) is 0. The van der Waals surface area contributed by atoms with Gasteiger partial charge in [0.2, 0.25) is 5.96 Å². The van der Waals surface area contributed by atoms with Crippen LogP contribution in [0, 0.1) is 11.8 Å². The molecule has 0 aromatic carbocycles. The second-order valence-electron chi connectivity index (χ2n) is 5.04. The van der Waals surface area contributed by atoms with E-state index < -0.39 is 0 Å². The molecule has 4 heteroatoms. The summed E-state index contributed by atoms with van der Waals surface area (Å²) in [6.45, 7) is 10.7. The molecule has 2 unspecified atom stereocenters. The fourth-order valence-corrected chi connectivity index (χ4v) is 2.08. The van der Waals surface area contributed by atoms with Gasteiger partial charge in [-0.2, -0.15) is 0 Å². The summed E-state index contributed by atoms with van der Waals surface area (Å²) < 4.78 is 0. The van der Waals surface area contributed by atoms with Crippen LogP contribution in [0.5, 0.6) is 0 Å². The van der Waals surface area contributed by atoms with Crippen molar-refractivity contribution in [1.29, 1.82) is 0 Å². The lowest BCUT2D eigenvalue weighted by Gasteiger charge is -2.24. The Morgan fingerprint density at radius 2 is 2.20 bits per heavy atom. The van der Waals surface area contributed by atoms with Gasteiger partial charge in [0.1, 0.15) is 0 Å². The van der Waals surface area contributed by atoms with Crippen molar-refractivity contribution in [2.24, 2.45) is 22.7 Å². The van der Waals surface area contributed by atoms with Gasteiger partial charge in [-0.05, 0) is 25.2 Å². The first-order valence-electron chi connectivity index (χ1n) is 5.82. The maximum Gasteiger partial charge on any atom is 0.208 e. The van der Waals surface area contributed by atoms with E-state index >= 15 is 0 Å². The topological polar surface area (TPSA) is 53.6 Å². The lowest BCUT2D eigenvalue weighted by atomic mass is 10.1. The first-order valence-corrected chi connectivity index (χ1v) is 5.82. The van der Waals surface area contributed by atoms with Crippen LogP contribution in [0.25, 0.3) is 0 Å². The van der Waals surface area contributed by atoms with Gasteiger partial charge in [-0.15, -0.1) is 0 Å². The van der Waals surface area contributed by atoms with Gasteiger partial charge in [0, 0.05) is 19.1 Å². The minimum atomic E-state index is 0.543. The van der Waals surface area contributed by atoms with Crippen molar-refractivity contribution in [3.05, 3.63) is 0 Å². The van der Waals surface area contributed by atoms with Crippen LogP contribution in [-0.4, -0.2) is 30.0 Å². The van der Waals surface area contributed by atoms with E-state index in [9.17, 15) is 0 Å². The maximum atomic E-state index is 5.52. The highest BCUT2D eigenvalue weighted by Gasteiger charge is 2.28. The van der Waals surface area contributed by atoms with Crippen LogP contribution in [0.1, 0.15) is 34.1 Å². The van der Waals surface area contributed by atoms with Crippen LogP contribution in [0.3, 0.4) is 0 Å². The van der Waals surface area contributed by atoms with Gasteiger partial charge in [0.05, 0.1) is 0 Å². The summed E-state index contributed by atoms with van der Waals surface area (Å²) in [5.41, 5.74) is 2.73. The highest BCUT2D eigenvalue weighted by atomic mass is 15.4. The van der Waals surface area contributed by atoms with E-state index in [1.165, 1.54) is 6.42 Å². The molecular formula is C11H24N4. The summed E-state index contributed by atoms with van der Waals surface area (Å²) >= 11 is 0. The molecule has 0 spiro atoms. The van der Waals surface area contributed by atoms with Crippen LogP contribution in [0.15, 0.2) is 4.99 Å². The monoisotopic (exact) mass is 212 g/mol. The molecule has 0 aromatic heterocycles. The SMILES string of the molecule is CC(C)CN=C(NN)N1CC(C)CC1C. The van der Waals surface area contributed by atoms with Crippen molar-refractivity contribution in [3.63, 3.8) is 0 Å². The van der Waals surface area contributed by atoms with Gasteiger partial charge in [-0.1, -0.05) is 20.8 Å². The first kappa shape index (κ1) is 12.3. The molecule has 0 aliphatic carbocycles. The molecule has 3 N–H and O–H groups in total. The third kappa shape index (κ3) is 3.38. The van der Waals surface area contributed by atoms with Crippen molar-refractivity contribution >= 4 is 5.96 Å². The number of rotatable bonds is 2. The summed E-state index contributed by atoms with van der Waals surface area (Å²) in [4.78, 5) is 6.79. The molecule has 1 heterocycles. The molecule has 15 heavy (non-hydrogen) atoms. The molecule has 1 fully saturated rings. The molecule has 1 aliphatic rings. The second kappa shape index (κ2) is 5.35. The van der Waals surface area contributed by atoms with Crippen molar-refractivity contribution in [2.45, 2.75) is 40.2 Å². The van der Waals surface area contributed by atoms with E-state index in [4.69, 9.17) is 5.84 Å². The van der Waals surface area contributed by atoms with Gasteiger partial charge < -0.3 is 4.90 Å². The quantitative estimate of drug-likeness (QED) is 0.313. The van der Waals surface area contributed by atoms with Crippen molar-refractivity contribution in [3.8, 4) is 0 Å². The Hall–Kier alpha value is -0.770. The molecule has 1 aliphatic heterocycles. The highest BCUT2D eigenvalue weighted by Crippen LogP contribution is 2.21. The van der Waals surface area contributed by atoms with Crippen molar-refractivity contribution in [2.75, 3.05) is 13.1 Å². The fourth-order valence-electron chi connectivity index (χ4n) is 2.08. The third-order valence-electron chi connectivity index (χ3n) is 2.79.